The molecule has 0 aliphatic rings. The van der Waals surface area contributed by atoms with Crippen LogP contribution in [0.5, 0.6) is 0 Å². The van der Waals surface area contributed by atoms with Gasteiger partial charge in [0.15, 0.2) is 0 Å². The van der Waals surface area contributed by atoms with E-state index in [1.807, 2.05) is 30.1 Å². The Kier molecular flexibility index (Phi) is 3.77. The van der Waals surface area contributed by atoms with Crippen LogP contribution in [-0.4, -0.2) is 20.8 Å². The van der Waals surface area contributed by atoms with Crippen molar-refractivity contribution in [3.8, 4) is 5.69 Å². The highest BCUT2D eigenvalue weighted by atomic mass is 15.3. The van der Waals surface area contributed by atoms with Crippen molar-refractivity contribution in [3.05, 3.63) is 41.5 Å². The molecule has 0 aliphatic heterocycles. The minimum Gasteiger partial charge on any atom is -0.310 e. The van der Waals surface area contributed by atoms with Crippen molar-refractivity contribution in [2.24, 2.45) is 0 Å². The van der Waals surface area contributed by atoms with Gasteiger partial charge in [-0.05, 0) is 31.5 Å². The van der Waals surface area contributed by atoms with Gasteiger partial charge in [-0.1, -0.05) is 13.8 Å². The number of rotatable bonds is 4. The molecule has 2 heterocycles. The molecule has 2 aromatic heterocycles. The number of pyridine rings is 1. The first-order valence-electron chi connectivity index (χ1n) is 6.28. The van der Waals surface area contributed by atoms with Gasteiger partial charge in [-0.3, -0.25) is 4.98 Å². The van der Waals surface area contributed by atoms with E-state index < -0.39 is 0 Å². The van der Waals surface area contributed by atoms with Crippen LogP contribution in [0.1, 0.15) is 30.8 Å². The molecule has 18 heavy (non-hydrogen) atoms. The van der Waals surface area contributed by atoms with Gasteiger partial charge in [0, 0.05) is 24.5 Å². The molecule has 0 amide bonds. The maximum Gasteiger partial charge on any atom is 0.0876 e. The predicted octanol–water partition coefficient (Wildman–Crippen LogP) is 2.38. The quantitative estimate of drug-likeness (QED) is 0.898. The zero-order valence-corrected chi connectivity index (χ0v) is 11.4. The lowest BCUT2D eigenvalue weighted by atomic mass is 10.2. The minimum absolute atomic E-state index is 0.464. The van der Waals surface area contributed by atoms with Crippen molar-refractivity contribution >= 4 is 0 Å². The van der Waals surface area contributed by atoms with Crippen LogP contribution >= 0.6 is 0 Å². The fourth-order valence-corrected chi connectivity index (χ4v) is 1.94. The highest BCUT2D eigenvalue weighted by Gasteiger charge is 2.09. The molecule has 0 saturated heterocycles. The summed E-state index contributed by atoms with van der Waals surface area (Å²) in [7, 11) is 0. The number of aryl methyl sites for hydroxylation is 2. The second-order valence-electron chi connectivity index (χ2n) is 4.88. The van der Waals surface area contributed by atoms with Crippen molar-refractivity contribution in [1.82, 2.24) is 20.1 Å². The monoisotopic (exact) mass is 244 g/mol. The molecule has 0 atom stereocenters. The third-order valence-corrected chi connectivity index (χ3v) is 2.83. The third-order valence-electron chi connectivity index (χ3n) is 2.83. The molecule has 2 aromatic rings. The van der Waals surface area contributed by atoms with E-state index in [4.69, 9.17) is 0 Å². The Morgan fingerprint density at radius 3 is 2.72 bits per heavy atom. The first kappa shape index (κ1) is 12.8. The summed E-state index contributed by atoms with van der Waals surface area (Å²) in [4.78, 5) is 4.21. The summed E-state index contributed by atoms with van der Waals surface area (Å²) < 4.78 is 1.96. The zero-order chi connectivity index (χ0) is 13.1. The Morgan fingerprint density at radius 2 is 2.11 bits per heavy atom. The van der Waals surface area contributed by atoms with Gasteiger partial charge < -0.3 is 5.32 Å². The van der Waals surface area contributed by atoms with E-state index in [9.17, 15) is 0 Å². The number of aromatic nitrogens is 3. The Balaban J connectivity index is 2.35. The number of hydrogen-bond acceptors (Lipinski definition) is 3. The van der Waals surface area contributed by atoms with Crippen LogP contribution < -0.4 is 5.32 Å². The third kappa shape index (κ3) is 2.76. The van der Waals surface area contributed by atoms with E-state index in [1.165, 1.54) is 5.56 Å². The molecule has 0 aliphatic carbocycles. The van der Waals surface area contributed by atoms with Gasteiger partial charge in [0.25, 0.3) is 0 Å². The van der Waals surface area contributed by atoms with Gasteiger partial charge in [0.2, 0.25) is 0 Å². The molecule has 0 bridgehead atoms. The van der Waals surface area contributed by atoms with Crippen LogP contribution in [0.4, 0.5) is 0 Å². The molecule has 1 N–H and O–H groups in total. The normalized spacial score (nSPS) is 11.2. The van der Waals surface area contributed by atoms with Gasteiger partial charge in [-0.25, -0.2) is 4.68 Å². The average Bonchev–Trinajstić information content (AvgIpc) is 2.66. The molecule has 0 unspecified atom stereocenters. The molecule has 96 valence electrons. The molecule has 0 saturated carbocycles. The first-order valence-corrected chi connectivity index (χ1v) is 6.28. The van der Waals surface area contributed by atoms with Crippen LogP contribution in [0.25, 0.3) is 5.69 Å². The molecule has 0 radical (unpaired) electrons. The molecule has 0 aromatic carbocycles. The molecule has 4 nitrogen and oxygen atoms in total. The summed E-state index contributed by atoms with van der Waals surface area (Å²) in [6, 6.07) is 4.58. The van der Waals surface area contributed by atoms with Gasteiger partial charge >= 0.3 is 0 Å². The maximum atomic E-state index is 4.52. The summed E-state index contributed by atoms with van der Waals surface area (Å²) in [5, 5.41) is 7.95. The minimum atomic E-state index is 0.464. The van der Waals surface area contributed by atoms with Crippen molar-refractivity contribution < 1.29 is 0 Å². The standard InChI is InChI=1S/C14H20N4/c1-10(2)16-8-13-5-6-15-9-14(13)18-12(4)7-11(3)17-18/h5-7,9-10,16H,8H2,1-4H3. The van der Waals surface area contributed by atoms with Gasteiger partial charge in [-0.15, -0.1) is 0 Å². The van der Waals surface area contributed by atoms with Gasteiger partial charge in [0.05, 0.1) is 17.6 Å². The summed E-state index contributed by atoms with van der Waals surface area (Å²) in [5.74, 6) is 0. The second-order valence-corrected chi connectivity index (χ2v) is 4.88. The summed E-state index contributed by atoms with van der Waals surface area (Å²) in [6.07, 6.45) is 3.70. The summed E-state index contributed by atoms with van der Waals surface area (Å²) >= 11 is 0. The molecule has 0 fully saturated rings. The molecular weight excluding hydrogens is 224 g/mol. The highest BCUT2D eigenvalue weighted by Crippen LogP contribution is 2.15. The van der Waals surface area contributed by atoms with Crippen molar-refractivity contribution in [2.45, 2.75) is 40.3 Å². The Hall–Kier alpha value is -1.68. The summed E-state index contributed by atoms with van der Waals surface area (Å²) in [5.41, 5.74) is 4.42. The lowest BCUT2D eigenvalue weighted by Crippen LogP contribution is -2.23. The zero-order valence-electron chi connectivity index (χ0n) is 11.4. The fraction of sp³-hybridized carbons (Fsp3) is 0.429. The van der Waals surface area contributed by atoms with Crippen LogP contribution in [-0.2, 0) is 6.54 Å². The van der Waals surface area contributed by atoms with Gasteiger partial charge in [-0.2, -0.15) is 5.10 Å². The Bertz CT molecular complexity index is 528. The van der Waals surface area contributed by atoms with E-state index in [0.29, 0.717) is 6.04 Å². The average molecular weight is 244 g/mol. The van der Waals surface area contributed by atoms with Crippen molar-refractivity contribution in [2.75, 3.05) is 0 Å². The molecular formula is C14H20N4. The largest absolute Gasteiger partial charge is 0.310 e. The Labute approximate surface area is 108 Å². The highest BCUT2D eigenvalue weighted by molar-refractivity contribution is 5.39. The second kappa shape index (κ2) is 5.31. The number of hydrogen-bond donors (Lipinski definition) is 1. The predicted molar refractivity (Wildman–Crippen MR) is 72.8 cm³/mol. The van der Waals surface area contributed by atoms with E-state index in [-0.39, 0.29) is 0 Å². The van der Waals surface area contributed by atoms with Crippen LogP contribution in [0, 0.1) is 13.8 Å². The van der Waals surface area contributed by atoms with E-state index in [1.54, 1.807) is 0 Å². The van der Waals surface area contributed by atoms with Crippen molar-refractivity contribution in [1.29, 1.82) is 0 Å². The van der Waals surface area contributed by atoms with Gasteiger partial charge in [0.1, 0.15) is 0 Å². The fourth-order valence-electron chi connectivity index (χ4n) is 1.94. The lowest BCUT2D eigenvalue weighted by molar-refractivity contribution is 0.585. The lowest BCUT2D eigenvalue weighted by Gasteiger charge is -2.13. The SMILES string of the molecule is Cc1cc(C)n(-c2cnccc2CNC(C)C)n1. The number of nitrogens with zero attached hydrogens (tertiary/aromatic N) is 3. The first-order chi connectivity index (χ1) is 8.58. The van der Waals surface area contributed by atoms with E-state index >= 15 is 0 Å². The molecule has 0 spiro atoms. The smallest absolute Gasteiger partial charge is 0.0876 e. The van der Waals surface area contributed by atoms with Crippen LogP contribution in [0.2, 0.25) is 0 Å². The van der Waals surface area contributed by atoms with Crippen LogP contribution in [0.3, 0.4) is 0 Å². The Morgan fingerprint density at radius 1 is 1.33 bits per heavy atom. The van der Waals surface area contributed by atoms with Crippen LogP contribution in [0.15, 0.2) is 24.5 Å². The molecule has 2 rings (SSSR count). The van der Waals surface area contributed by atoms with E-state index in [2.05, 4.69) is 42.2 Å². The van der Waals surface area contributed by atoms with E-state index in [0.717, 1.165) is 23.6 Å². The molecule has 4 heteroatoms. The summed E-state index contributed by atoms with van der Waals surface area (Å²) in [6.45, 7) is 9.18. The maximum absolute atomic E-state index is 4.52. The van der Waals surface area contributed by atoms with Crippen molar-refractivity contribution in [3.63, 3.8) is 0 Å². The topological polar surface area (TPSA) is 42.7 Å². The number of nitrogens with one attached hydrogen (secondary N) is 1.